The van der Waals surface area contributed by atoms with Crippen molar-refractivity contribution in [3.63, 3.8) is 0 Å². The van der Waals surface area contributed by atoms with Gasteiger partial charge in [-0.3, -0.25) is 4.79 Å². The Labute approximate surface area is 99.5 Å². The maximum absolute atomic E-state index is 11.5. The van der Waals surface area contributed by atoms with Crippen molar-refractivity contribution in [3.8, 4) is 0 Å². The van der Waals surface area contributed by atoms with E-state index in [9.17, 15) is 4.79 Å². The molecule has 78 valence electrons. The molecule has 14 heavy (non-hydrogen) atoms. The monoisotopic (exact) mass is 323 g/mol. The van der Waals surface area contributed by atoms with Crippen LogP contribution < -0.4 is 5.32 Å². The number of hydrogen-bond donors (Lipinski definition) is 1. The van der Waals surface area contributed by atoms with Gasteiger partial charge in [-0.25, -0.2) is 0 Å². The van der Waals surface area contributed by atoms with E-state index in [1.165, 1.54) is 6.26 Å². The molecule has 1 atom stereocenters. The first kappa shape index (κ1) is 11.8. The molecular weight excluding hydrogens is 314 g/mol. The molecule has 3 nitrogen and oxygen atoms in total. The number of amides is 1. The van der Waals surface area contributed by atoms with Crippen LogP contribution in [0.4, 0.5) is 0 Å². The third-order valence-corrected chi connectivity index (χ3v) is 3.37. The van der Waals surface area contributed by atoms with E-state index in [-0.39, 0.29) is 5.91 Å². The number of furan rings is 1. The fraction of sp³-hybridized carbons (Fsp3) is 0.444. The summed E-state index contributed by atoms with van der Waals surface area (Å²) in [6.07, 6.45) is 2.46. The molecular formula is C9H11Br2NO2. The Kier molecular flexibility index (Phi) is 4.68. The van der Waals surface area contributed by atoms with Crippen molar-refractivity contribution in [2.24, 2.45) is 0 Å². The first-order chi connectivity index (χ1) is 6.65. The van der Waals surface area contributed by atoms with Crippen LogP contribution >= 0.6 is 31.9 Å². The Bertz CT molecular complexity index is 312. The van der Waals surface area contributed by atoms with E-state index < -0.39 is 0 Å². The molecule has 1 amide bonds. The maximum Gasteiger partial charge on any atom is 0.255 e. The highest BCUT2D eigenvalue weighted by Crippen LogP contribution is 2.17. The van der Waals surface area contributed by atoms with Crippen LogP contribution in [0.3, 0.4) is 0 Å². The van der Waals surface area contributed by atoms with E-state index in [4.69, 9.17) is 4.42 Å². The molecule has 0 bridgehead atoms. The van der Waals surface area contributed by atoms with E-state index in [2.05, 4.69) is 44.1 Å². The second kappa shape index (κ2) is 5.56. The molecule has 0 spiro atoms. The number of carbonyl (C=O) groups excluding carboxylic acids is 1. The average molecular weight is 325 g/mol. The smallest absolute Gasteiger partial charge is 0.255 e. The Morgan fingerprint density at radius 3 is 2.93 bits per heavy atom. The molecule has 1 aromatic rings. The molecule has 0 radical (unpaired) electrons. The van der Waals surface area contributed by atoms with Gasteiger partial charge in [-0.2, -0.15) is 0 Å². The third-order valence-electron chi connectivity index (χ3n) is 1.79. The molecule has 0 aromatic carbocycles. The Hall–Kier alpha value is -0.290. The van der Waals surface area contributed by atoms with Crippen molar-refractivity contribution in [1.82, 2.24) is 5.32 Å². The lowest BCUT2D eigenvalue weighted by Crippen LogP contribution is -2.29. The summed E-state index contributed by atoms with van der Waals surface area (Å²) in [7, 11) is 0. The lowest BCUT2D eigenvalue weighted by Gasteiger charge is -2.07. The SMILES string of the molecule is CCC(Br)CNC(=O)c1ccoc1Br. The van der Waals surface area contributed by atoms with Crippen molar-refractivity contribution in [2.45, 2.75) is 18.2 Å². The molecule has 0 saturated carbocycles. The fourth-order valence-corrected chi connectivity index (χ4v) is 1.48. The summed E-state index contributed by atoms with van der Waals surface area (Å²) >= 11 is 6.59. The van der Waals surface area contributed by atoms with E-state index in [0.717, 1.165) is 6.42 Å². The number of rotatable bonds is 4. The molecule has 1 rings (SSSR count). The van der Waals surface area contributed by atoms with E-state index in [0.29, 0.717) is 21.6 Å². The average Bonchev–Trinajstić information content (AvgIpc) is 2.60. The first-order valence-electron chi connectivity index (χ1n) is 4.30. The van der Waals surface area contributed by atoms with Crippen LogP contribution in [-0.4, -0.2) is 17.3 Å². The minimum Gasteiger partial charge on any atom is -0.457 e. The third kappa shape index (κ3) is 3.13. The molecule has 1 unspecified atom stereocenters. The van der Waals surface area contributed by atoms with Gasteiger partial charge in [0.2, 0.25) is 0 Å². The lowest BCUT2D eigenvalue weighted by atomic mass is 10.3. The Morgan fingerprint density at radius 2 is 2.43 bits per heavy atom. The van der Waals surface area contributed by atoms with E-state index >= 15 is 0 Å². The minimum atomic E-state index is -0.122. The van der Waals surface area contributed by atoms with Crippen molar-refractivity contribution in [2.75, 3.05) is 6.54 Å². The summed E-state index contributed by atoms with van der Waals surface area (Å²) in [5.41, 5.74) is 0.529. The quantitative estimate of drug-likeness (QED) is 0.865. The second-order valence-corrected chi connectivity index (χ2v) is 4.84. The van der Waals surface area contributed by atoms with Gasteiger partial charge in [-0.05, 0) is 28.4 Å². The summed E-state index contributed by atoms with van der Waals surface area (Å²) < 4.78 is 5.43. The van der Waals surface area contributed by atoms with Crippen molar-refractivity contribution in [1.29, 1.82) is 0 Å². The number of nitrogens with one attached hydrogen (secondary N) is 1. The summed E-state index contributed by atoms with van der Waals surface area (Å²) in [6.45, 7) is 2.67. The molecule has 1 heterocycles. The highest BCUT2D eigenvalue weighted by Gasteiger charge is 2.12. The van der Waals surface area contributed by atoms with Gasteiger partial charge in [0.15, 0.2) is 4.67 Å². The van der Waals surface area contributed by atoms with Crippen LogP contribution in [0.5, 0.6) is 0 Å². The van der Waals surface area contributed by atoms with Gasteiger partial charge in [0.25, 0.3) is 5.91 Å². The number of alkyl halides is 1. The van der Waals surface area contributed by atoms with E-state index in [1.807, 2.05) is 0 Å². The number of hydrogen-bond acceptors (Lipinski definition) is 2. The number of carbonyl (C=O) groups is 1. The normalized spacial score (nSPS) is 12.5. The largest absolute Gasteiger partial charge is 0.457 e. The molecule has 0 aliphatic carbocycles. The van der Waals surface area contributed by atoms with Crippen LogP contribution in [0.2, 0.25) is 0 Å². The molecule has 0 aliphatic rings. The van der Waals surface area contributed by atoms with Crippen LogP contribution in [0.25, 0.3) is 0 Å². The van der Waals surface area contributed by atoms with Crippen molar-refractivity contribution < 1.29 is 9.21 Å². The minimum absolute atomic E-state index is 0.122. The summed E-state index contributed by atoms with van der Waals surface area (Å²) in [5.74, 6) is -0.122. The van der Waals surface area contributed by atoms with Gasteiger partial charge in [-0.15, -0.1) is 0 Å². The van der Waals surface area contributed by atoms with Gasteiger partial charge in [0.05, 0.1) is 11.8 Å². The van der Waals surface area contributed by atoms with Crippen LogP contribution in [-0.2, 0) is 0 Å². The van der Waals surface area contributed by atoms with E-state index in [1.54, 1.807) is 6.07 Å². The van der Waals surface area contributed by atoms with Crippen LogP contribution in [0.1, 0.15) is 23.7 Å². The van der Waals surface area contributed by atoms with Crippen molar-refractivity contribution >= 4 is 37.8 Å². The second-order valence-electron chi connectivity index (χ2n) is 2.82. The Balaban J connectivity index is 2.47. The summed E-state index contributed by atoms with van der Waals surface area (Å²) in [5, 5.41) is 2.80. The molecule has 1 N–H and O–H groups in total. The zero-order valence-corrected chi connectivity index (χ0v) is 10.9. The maximum atomic E-state index is 11.5. The van der Waals surface area contributed by atoms with Gasteiger partial charge >= 0.3 is 0 Å². The summed E-state index contributed by atoms with van der Waals surface area (Å²) in [6, 6.07) is 1.63. The predicted molar refractivity (Wildman–Crippen MR) is 61.7 cm³/mol. The van der Waals surface area contributed by atoms with Gasteiger partial charge in [-0.1, -0.05) is 22.9 Å². The zero-order chi connectivity index (χ0) is 10.6. The molecule has 0 saturated heterocycles. The van der Waals surface area contributed by atoms with Gasteiger partial charge in [0, 0.05) is 11.4 Å². The van der Waals surface area contributed by atoms with Gasteiger partial charge < -0.3 is 9.73 Å². The van der Waals surface area contributed by atoms with Crippen LogP contribution in [0, 0.1) is 0 Å². The molecule has 5 heteroatoms. The van der Waals surface area contributed by atoms with Crippen molar-refractivity contribution in [3.05, 3.63) is 22.6 Å². The molecule has 1 aromatic heterocycles. The highest BCUT2D eigenvalue weighted by atomic mass is 79.9. The predicted octanol–water partition coefficient (Wildman–Crippen LogP) is 2.95. The summed E-state index contributed by atoms with van der Waals surface area (Å²) in [4.78, 5) is 11.8. The van der Waals surface area contributed by atoms with Crippen LogP contribution in [0.15, 0.2) is 21.4 Å². The standard InChI is InChI=1S/C9H11Br2NO2/c1-2-6(10)5-12-9(13)7-3-4-14-8(7)11/h3-4,6H,2,5H2,1H3,(H,12,13). The lowest BCUT2D eigenvalue weighted by molar-refractivity contribution is 0.0952. The fourth-order valence-electron chi connectivity index (χ4n) is 0.899. The highest BCUT2D eigenvalue weighted by molar-refractivity contribution is 9.10. The zero-order valence-electron chi connectivity index (χ0n) is 7.72. The first-order valence-corrected chi connectivity index (χ1v) is 6.01. The number of halogens is 2. The Morgan fingerprint density at radius 1 is 1.71 bits per heavy atom. The van der Waals surface area contributed by atoms with Gasteiger partial charge in [0.1, 0.15) is 0 Å². The topological polar surface area (TPSA) is 42.2 Å². The molecule has 0 fully saturated rings. The molecule has 0 aliphatic heterocycles.